The summed E-state index contributed by atoms with van der Waals surface area (Å²) in [7, 11) is -2.26. The number of thiazole rings is 1. The SMILES string of the molecule is CCOCCn1c(=NC(=O)c2ccc(S(=O)(=O)N(C)Cc3ccco3)cc2)sc2ccccc21. The van der Waals surface area contributed by atoms with Gasteiger partial charge in [-0.2, -0.15) is 9.30 Å². The van der Waals surface area contributed by atoms with Crippen LogP contribution in [0.25, 0.3) is 10.2 Å². The highest BCUT2D eigenvalue weighted by Crippen LogP contribution is 2.19. The van der Waals surface area contributed by atoms with Gasteiger partial charge in [0.1, 0.15) is 5.76 Å². The van der Waals surface area contributed by atoms with Crippen LogP contribution < -0.4 is 4.80 Å². The first-order chi connectivity index (χ1) is 16.4. The van der Waals surface area contributed by atoms with Crippen LogP contribution in [0.4, 0.5) is 0 Å². The van der Waals surface area contributed by atoms with Gasteiger partial charge in [0, 0.05) is 25.8 Å². The lowest BCUT2D eigenvalue weighted by atomic mass is 10.2. The number of para-hydroxylation sites is 1. The van der Waals surface area contributed by atoms with Crippen molar-refractivity contribution in [2.24, 2.45) is 4.99 Å². The summed E-state index contributed by atoms with van der Waals surface area (Å²) < 4.78 is 40.6. The highest BCUT2D eigenvalue weighted by molar-refractivity contribution is 7.89. The summed E-state index contributed by atoms with van der Waals surface area (Å²) in [5, 5.41) is 0. The number of amides is 1. The van der Waals surface area contributed by atoms with Crippen molar-refractivity contribution in [1.82, 2.24) is 8.87 Å². The standard InChI is InChI=1S/C24H25N3O5S2/c1-3-31-16-14-27-21-8-4-5-9-22(21)33-24(27)25-23(28)18-10-12-20(13-11-18)34(29,30)26(2)17-19-7-6-15-32-19/h4-13,15H,3,14,16-17H2,1-2H3. The Labute approximate surface area is 201 Å². The van der Waals surface area contributed by atoms with E-state index in [1.807, 2.05) is 35.8 Å². The molecule has 0 radical (unpaired) electrons. The van der Waals surface area contributed by atoms with Gasteiger partial charge in [0.05, 0.1) is 34.5 Å². The van der Waals surface area contributed by atoms with E-state index < -0.39 is 15.9 Å². The van der Waals surface area contributed by atoms with Crippen molar-refractivity contribution >= 4 is 37.5 Å². The van der Waals surface area contributed by atoms with Gasteiger partial charge in [-0.1, -0.05) is 23.5 Å². The van der Waals surface area contributed by atoms with Gasteiger partial charge in [-0.15, -0.1) is 0 Å². The lowest BCUT2D eigenvalue weighted by Crippen LogP contribution is -2.26. The fraction of sp³-hybridized carbons (Fsp3) is 0.250. The molecule has 0 saturated carbocycles. The second-order valence-electron chi connectivity index (χ2n) is 7.48. The third-order valence-electron chi connectivity index (χ3n) is 5.22. The van der Waals surface area contributed by atoms with E-state index in [-0.39, 0.29) is 11.4 Å². The minimum Gasteiger partial charge on any atom is -0.468 e. The van der Waals surface area contributed by atoms with Crippen LogP contribution in [0.5, 0.6) is 0 Å². The smallest absolute Gasteiger partial charge is 0.279 e. The van der Waals surface area contributed by atoms with Gasteiger partial charge in [0.25, 0.3) is 5.91 Å². The summed E-state index contributed by atoms with van der Waals surface area (Å²) in [6.07, 6.45) is 1.50. The van der Waals surface area contributed by atoms with E-state index in [0.29, 0.717) is 35.9 Å². The van der Waals surface area contributed by atoms with E-state index in [1.165, 1.54) is 53.2 Å². The molecule has 0 aliphatic carbocycles. The third-order valence-corrected chi connectivity index (χ3v) is 8.09. The highest BCUT2D eigenvalue weighted by atomic mass is 32.2. The quantitative estimate of drug-likeness (QED) is 0.326. The van der Waals surface area contributed by atoms with Crippen LogP contribution in [-0.4, -0.2) is 43.5 Å². The molecule has 2 heterocycles. The van der Waals surface area contributed by atoms with Crippen LogP contribution in [0.1, 0.15) is 23.0 Å². The monoisotopic (exact) mass is 499 g/mol. The van der Waals surface area contributed by atoms with Crippen LogP contribution in [0.3, 0.4) is 0 Å². The predicted molar refractivity (Wildman–Crippen MR) is 130 cm³/mol. The normalized spacial score (nSPS) is 12.6. The number of benzene rings is 2. The van der Waals surface area contributed by atoms with E-state index in [0.717, 1.165) is 10.2 Å². The second-order valence-corrected chi connectivity index (χ2v) is 10.5. The fourth-order valence-electron chi connectivity index (χ4n) is 3.43. The summed E-state index contributed by atoms with van der Waals surface area (Å²) in [5.74, 6) is 0.0993. The van der Waals surface area contributed by atoms with Gasteiger partial charge < -0.3 is 13.7 Å². The van der Waals surface area contributed by atoms with Gasteiger partial charge in [-0.25, -0.2) is 8.42 Å². The fourth-order valence-corrected chi connectivity index (χ4v) is 5.62. The molecule has 0 spiro atoms. The Kier molecular flexibility index (Phi) is 7.42. The van der Waals surface area contributed by atoms with E-state index in [4.69, 9.17) is 9.15 Å². The summed E-state index contributed by atoms with van der Waals surface area (Å²) in [4.78, 5) is 17.9. The molecule has 0 atom stereocenters. The Balaban J connectivity index is 1.58. The first kappa shape index (κ1) is 24.1. The number of nitrogens with zero attached hydrogens (tertiary/aromatic N) is 3. The van der Waals surface area contributed by atoms with Crippen molar-refractivity contribution in [3.05, 3.63) is 83.1 Å². The number of fused-ring (bicyclic) bond motifs is 1. The average molecular weight is 500 g/mol. The van der Waals surface area contributed by atoms with E-state index >= 15 is 0 Å². The maximum absolute atomic E-state index is 12.9. The molecule has 8 nitrogen and oxygen atoms in total. The zero-order chi connectivity index (χ0) is 24.1. The predicted octanol–water partition coefficient (Wildman–Crippen LogP) is 3.89. The molecular weight excluding hydrogens is 474 g/mol. The molecule has 4 rings (SSSR count). The molecule has 0 fully saturated rings. The molecule has 2 aromatic carbocycles. The van der Waals surface area contributed by atoms with Gasteiger partial charge >= 0.3 is 0 Å². The summed E-state index contributed by atoms with van der Waals surface area (Å²) in [6, 6.07) is 17.1. The molecule has 178 valence electrons. The molecule has 2 aromatic heterocycles. The number of ether oxygens (including phenoxy) is 1. The molecule has 0 bridgehead atoms. The number of aromatic nitrogens is 1. The largest absolute Gasteiger partial charge is 0.468 e. The number of furan rings is 1. The Morgan fingerprint density at radius 2 is 1.88 bits per heavy atom. The van der Waals surface area contributed by atoms with E-state index in [2.05, 4.69) is 4.99 Å². The molecule has 4 aromatic rings. The maximum atomic E-state index is 12.9. The molecule has 10 heteroatoms. The topological polar surface area (TPSA) is 94.1 Å². The van der Waals surface area contributed by atoms with Crippen LogP contribution >= 0.6 is 11.3 Å². The van der Waals surface area contributed by atoms with Crippen LogP contribution in [0.2, 0.25) is 0 Å². The first-order valence-electron chi connectivity index (χ1n) is 10.7. The second kappa shape index (κ2) is 10.5. The lowest BCUT2D eigenvalue weighted by Gasteiger charge is -2.16. The lowest BCUT2D eigenvalue weighted by molar-refractivity contribution is 0.0996. The Hall–Kier alpha value is -3.05. The average Bonchev–Trinajstić information content (AvgIpc) is 3.47. The Morgan fingerprint density at radius 1 is 1.12 bits per heavy atom. The van der Waals surface area contributed by atoms with Crippen LogP contribution in [0, 0.1) is 0 Å². The van der Waals surface area contributed by atoms with Crippen molar-refractivity contribution in [3.63, 3.8) is 0 Å². The Bertz CT molecular complexity index is 1440. The van der Waals surface area contributed by atoms with Crippen LogP contribution in [0.15, 0.2) is 81.2 Å². The minimum atomic E-state index is -3.74. The maximum Gasteiger partial charge on any atom is 0.279 e. The van der Waals surface area contributed by atoms with Gasteiger partial charge in [-0.3, -0.25) is 4.79 Å². The zero-order valence-corrected chi connectivity index (χ0v) is 20.5. The number of sulfonamides is 1. The van der Waals surface area contributed by atoms with Crippen LogP contribution in [-0.2, 0) is 27.8 Å². The minimum absolute atomic E-state index is 0.0896. The Morgan fingerprint density at radius 3 is 2.59 bits per heavy atom. The van der Waals surface area contributed by atoms with Crippen molar-refractivity contribution < 1.29 is 22.4 Å². The summed E-state index contributed by atoms with van der Waals surface area (Å²) in [5.41, 5.74) is 1.29. The number of rotatable bonds is 9. The molecular formula is C24H25N3O5S2. The molecule has 0 saturated heterocycles. The number of carbonyl (C=O) groups excluding carboxylic acids is 1. The molecule has 0 unspecified atom stereocenters. The number of hydrogen-bond donors (Lipinski definition) is 0. The van der Waals surface area contributed by atoms with Crippen molar-refractivity contribution in [2.75, 3.05) is 20.3 Å². The number of hydrogen-bond acceptors (Lipinski definition) is 6. The van der Waals surface area contributed by atoms with Gasteiger partial charge in [0.2, 0.25) is 10.0 Å². The highest BCUT2D eigenvalue weighted by Gasteiger charge is 2.22. The van der Waals surface area contributed by atoms with Crippen molar-refractivity contribution in [3.8, 4) is 0 Å². The molecule has 0 aliphatic heterocycles. The van der Waals surface area contributed by atoms with E-state index in [1.54, 1.807) is 12.1 Å². The third kappa shape index (κ3) is 5.20. The summed E-state index contributed by atoms with van der Waals surface area (Å²) in [6.45, 7) is 3.74. The van der Waals surface area contributed by atoms with Crippen molar-refractivity contribution in [1.29, 1.82) is 0 Å². The first-order valence-corrected chi connectivity index (χ1v) is 13.0. The molecule has 0 N–H and O–H groups in total. The van der Waals surface area contributed by atoms with Gasteiger partial charge in [0.15, 0.2) is 4.80 Å². The zero-order valence-electron chi connectivity index (χ0n) is 18.9. The molecule has 1 amide bonds. The molecule has 0 aliphatic rings. The summed E-state index contributed by atoms with van der Waals surface area (Å²) >= 11 is 1.43. The van der Waals surface area contributed by atoms with E-state index in [9.17, 15) is 13.2 Å². The van der Waals surface area contributed by atoms with Gasteiger partial charge in [-0.05, 0) is 55.5 Å². The molecule has 34 heavy (non-hydrogen) atoms. The van der Waals surface area contributed by atoms with Crippen molar-refractivity contribution in [2.45, 2.75) is 24.9 Å². The number of carbonyl (C=O) groups is 1.